The van der Waals surface area contributed by atoms with Crippen LogP contribution < -0.4 is 15.0 Å². The Morgan fingerprint density at radius 3 is 2.62 bits per heavy atom. The standard InChI is InChI=1S/C21H16BrClN2O4/c1-3-8-29-18-7-4-13(11-16(18)23)10-15-19(26)24-21(28)25(20(15)27)17-6-5-14(22)9-12(17)2/h3-7,9-11H,1,8H2,2H3,(H,24,26,28)/b15-10-. The van der Waals surface area contributed by atoms with Gasteiger partial charge < -0.3 is 4.74 Å². The Hall–Kier alpha value is -2.90. The molecule has 0 spiro atoms. The third kappa shape index (κ3) is 4.41. The minimum absolute atomic E-state index is 0.178. The number of amides is 4. The maximum absolute atomic E-state index is 13.0. The quantitative estimate of drug-likeness (QED) is 0.388. The lowest BCUT2D eigenvalue weighted by Crippen LogP contribution is -2.54. The van der Waals surface area contributed by atoms with Gasteiger partial charge in [-0.15, -0.1) is 0 Å². The van der Waals surface area contributed by atoms with E-state index in [1.165, 1.54) is 6.08 Å². The summed E-state index contributed by atoms with van der Waals surface area (Å²) in [6, 6.07) is 9.18. The second-order valence-corrected chi connectivity index (χ2v) is 7.50. The fraction of sp³-hybridized carbons (Fsp3) is 0.0952. The number of halogens is 2. The second-order valence-electron chi connectivity index (χ2n) is 6.18. The highest BCUT2D eigenvalue weighted by molar-refractivity contribution is 9.10. The largest absolute Gasteiger partial charge is 0.488 e. The van der Waals surface area contributed by atoms with Crippen LogP contribution in [0.5, 0.6) is 5.75 Å². The first-order valence-electron chi connectivity index (χ1n) is 8.52. The van der Waals surface area contributed by atoms with Crippen molar-refractivity contribution in [3.63, 3.8) is 0 Å². The van der Waals surface area contributed by atoms with Gasteiger partial charge in [0.25, 0.3) is 11.8 Å². The molecular weight excluding hydrogens is 460 g/mol. The van der Waals surface area contributed by atoms with E-state index in [-0.39, 0.29) is 5.57 Å². The van der Waals surface area contributed by atoms with E-state index in [1.54, 1.807) is 49.4 Å². The highest BCUT2D eigenvalue weighted by atomic mass is 79.9. The van der Waals surface area contributed by atoms with Gasteiger partial charge >= 0.3 is 6.03 Å². The molecular formula is C21H16BrClN2O4. The number of rotatable bonds is 5. The SMILES string of the molecule is C=CCOc1ccc(/C=C2/C(=O)NC(=O)N(c3ccc(Br)cc3C)C2=O)cc1Cl. The van der Waals surface area contributed by atoms with Crippen LogP contribution in [-0.4, -0.2) is 24.5 Å². The number of nitrogens with zero attached hydrogens (tertiary/aromatic N) is 1. The average Bonchev–Trinajstić information content (AvgIpc) is 2.66. The van der Waals surface area contributed by atoms with Gasteiger partial charge in [0, 0.05) is 4.47 Å². The number of aryl methyl sites for hydroxylation is 1. The molecule has 1 saturated heterocycles. The molecule has 0 atom stereocenters. The van der Waals surface area contributed by atoms with E-state index in [1.807, 2.05) is 0 Å². The van der Waals surface area contributed by atoms with Crippen LogP contribution in [-0.2, 0) is 9.59 Å². The number of imide groups is 2. The van der Waals surface area contributed by atoms with Gasteiger partial charge in [-0.1, -0.05) is 46.3 Å². The van der Waals surface area contributed by atoms with Crippen LogP contribution >= 0.6 is 27.5 Å². The Bertz CT molecular complexity index is 1060. The zero-order valence-corrected chi connectivity index (χ0v) is 17.7. The molecule has 1 aliphatic heterocycles. The Morgan fingerprint density at radius 2 is 1.97 bits per heavy atom. The van der Waals surface area contributed by atoms with Crippen LogP contribution in [0, 0.1) is 6.92 Å². The predicted molar refractivity (Wildman–Crippen MR) is 115 cm³/mol. The van der Waals surface area contributed by atoms with Gasteiger partial charge in [-0.05, 0) is 54.5 Å². The van der Waals surface area contributed by atoms with Crippen molar-refractivity contribution < 1.29 is 19.1 Å². The van der Waals surface area contributed by atoms with Crippen LogP contribution in [0.2, 0.25) is 5.02 Å². The Balaban J connectivity index is 1.97. The summed E-state index contributed by atoms with van der Waals surface area (Å²) < 4.78 is 6.22. The smallest absolute Gasteiger partial charge is 0.335 e. The number of barbiturate groups is 1. The lowest BCUT2D eigenvalue weighted by atomic mass is 10.1. The Kier molecular flexibility index (Phi) is 6.20. The summed E-state index contributed by atoms with van der Waals surface area (Å²) >= 11 is 9.54. The molecule has 1 fully saturated rings. The first kappa shape index (κ1) is 20.8. The molecule has 0 unspecified atom stereocenters. The van der Waals surface area contributed by atoms with Crippen molar-refractivity contribution in [1.82, 2.24) is 5.32 Å². The molecule has 1 aliphatic rings. The maximum atomic E-state index is 13.0. The number of benzene rings is 2. The van der Waals surface area contributed by atoms with Crippen molar-refractivity contribution in [2.75, 3.05) is 11.5 Å². The lowest BCUT2D eigenvalue weighted by Gasteiger charge is -2.27. The van der Waals surface area contributed by atoms with Crippen LogP contribution in [0.4, 0.5) is 10.5 Å². The molecule has 148 valence electrons. The molecule has 1 heterocycles. The van der Waals surface area contributed by atoms with Gasteiger partial charge in [-0.3, -0.25) is 14.9 Å². The number of carbonyl (C=O) groups is 3. The summed E-state index contributed by atoms with van der Waals surface area (Å²) in [5.74, 6) is -1.03. The van der Waals surface area contributed by atoms with Gasteiger partial charge in [0.15, 0.2) is 0 Å². The Morgan fingerprint density at radius 1 is 1.21 bits per heavy atom. The first-order valence-corrected chi connectivity index (χ1v) is 9.69. The number of hydrogen-bond donors (Lipinski definition) is 1. The molecule has 4 amide bonds. The fourth-order valence-electron chi connectivity index (χ4n) is 2.79. The van der Waals surface area contributed by atoms with Crippen LogP contribution in [0.15, 0.2) is 59.1 Å². The lowest BCUT2D eigenvalue weighted by molar-refractivity contribution is -0.122. The predicted octanol–water partition coefficient (Wildman–Crippen LogP) is 4.64. The molecule has 0 aliphatic carbocycles. The molecule has 6 nitrogen and oxygen atoms in total. The first-order chi connectivity index (χ1) is 13.8. The zero-order chi connectivity index (χ0) is 21.1. The van der Waals surface area contributed by atoms with E-state index in [9.17, 15) is 14.4 Å². The summed E-state index contributed by atoms with van der Waals surface area (Å²) in [7, 11) is 0. The van der Waals surface area contributed by atoms with Crippen molar-refractivity contribution >= 4 is 57.1 Å². The third-order valence-electron chi connectivity index (χ3n) is 4.13. The number of carbonyl (C=O) groups excluding carboxylic acids is 3. The zero-order valence-electron chi connectivity index (χ0n) is 15.4. The van der Waals surface area contributed by atoms with Crippen molar-refractivity contribution in [2.45, 2.75) is 6.92 Å². The highest BCUT2D eigenvalue weighted by Gasteiger charge is 2.37. The highest BCUT2D eigenvalue weighted by Crippen LogP contribution is 2.29. The summed E-state index contributed by atoms with van der Waals surface area (Å²) in [6.07, 6.45) is 2.97. The van der Waals surface area contributed by atoms with E-state index in [4.69, 9.17) is 16.3 Å². The molecule has 2 aromatic rings. The van der Waals surface area contributed by atoms with Crippen LogP contribution in [0.1, 0.15) is 11.1 Å². The summed E-state index contributed by atoms with van der Waals surface area (Å²) in [5, 5.41) is 2.52. The number of urea groups is 1. The fourth-order valence-corrected chi connectivity index (χ4v) is 3.50. The summed E-state index contributed by atoms with van der Waals surface area (Å²) in [4.78, 5) is 38.6. The minimum Gasteiger partial charge on any atom is -0.488 e. The normalized spacial score (nSPS) is 15.5. The van der Waals surface area contributed by atoms with E-state index < -0.39 is 17.8 Å². The van der Waals surface area contributed by atoms with Crippen LogP contribution in [0.25, 0.3) is 6.08 Å². The van der Waals surface area contributed by atoms with Gasteiger partial charge in [-0.2, -0.15) is 0 Å². The van der Waals surface area contributed by atoms with Gasteiger partial charge in [0.1, 0.15) is 17.9 Å². The molecule has 0 aromatic heterocycles. The molecule has 0 radical (unpaired) electrons. The van der Waals surface area contributed by atoms with Gasteiger partial charge in [0.05, 0.1) is 10.7 Å². The maximum Gasteiger partial charge on any atom is 0.335 e. The van der Waals surface area contributed by atoms with Gasteiger partial charge in [0.2, 0.25) is 0 Å². The van der Waals surface area contributed by atoms with Crippen molar-refractivity contribution in [1.29, 1.82) is 0 Å². The van der Waals surface area contributed by atoms with Crippen molar-refractivity contribution in [3.05, 3.63) is 75.2 Å². The van der Waals surface area contributed by atoms with E-state index >= 15 is 0 Å². The number of nitrogens with one attached hydrogen (secondary N) is 1. The molecule has 1 N–H and O–H groups in total. The third-order valence-corrected chi connectivity index (χ3v) is 4.91. The van der Waals surface area contributed by atoms with E-state index in [0.29, 0.717) is 34.2 Å². The number of ether oxygens (including phenoxy) is 1. The second kappa shape index (κ2) is 8.63. The Labute approximate surface area is 180 Å². The summed E-state index contributed by atoms with van der Waals surface area (Å²) in [5.41, 5.74) is 1.42. The van der Waals surface area contributed by atoms with E-state index in [0.717, 1.165) is 9.37 Å². The van der Waals surface area contributed by atoms with Crippen molar-refractivity contribution in [3.8, 4) is 5.75 Å². The topological polar surface area (TPSA) is 75.7 Å². The van der Waals surface area contributed by atoms with E-state index in [2.05, 4.69) is 27.8 Å². The molecule has 2 aromatic carbocycles. The minimum atomic E-state index is -0.797. The molecule has 0 bridgehead atoms. The van der Waals surface area contributed by atoms with Gasteiger partial charge in [-0.25, -0.2) is 9.69 Å². The summed E-state index contributed by atoms with van der Waals surface area (Å²) in [6.45, 7) is 5.63. The molecule has 0 saturated carbocycles. The van der Waals surface area contributed by atoms with Crippen molar-refractivity contribution in [2.24, 2.45) is 0 Å². The molecule has 29 heavy (non-hydrogen) atoms. The molecule has 3 rings (SSSR count). The number of anilines is 1. The van der Waals surface area contributed by atoms with Crippen LogP contribution in [0.3, 0.4) is 0 Å². The monoisotopic (exact) mass is 474 g/mol. The molecule has 8 heteroatoms. The number of hydrogen-bond acceptors (Lipinski definition) is 4. The average molecular weight is 476 g/mol.